The van der Waals surface area contributed by atoms with Crippen LogP contribution in [0.15, 0.2) is 18.2 Å². The fourth-order valence-corrected chi connectivity index (χ4v) is 2.31. The number of ketones is 1. The van der Waals surface area contributed by atoms with Crippen molar-refractivity contribution in [2.24, 2.45) is 0 Å². The lowest BCUT2D eigenvalue weighted by Crippen LogP contribution is -2.07. The van der Waals surface area contributed by atoms with Gasteiger partial charge in [0, 0.05) is 17.3 Å². The van der Waals surface area contributed by atoms with Crippen LogP contribution in [-0.4, -0.2) is 17.7 Å². The molecule has 2 nitrogen and oxygen atoms in total. The van der Waals surface area contributed by atoms with E-state index in [1.54, 1.807) is 0 Å². The molecule has 0 aliphatic heterocycles. The summed E-state index contributed by atoms with van der Waals surface area (Å²) in [6, 6.07) is 5.83. The standard InChI is InChI=1S/C12H14Br2O2/c1-2-16-12-5-3-4-9(11(12)8-14)6-10(15)7-13/h3-5H,2,6-8H2,1H3. The molecule has 0 bridgehead atoms. The summed E-state index contributed by atoms with van der Waals surface area (Å²) in [6.45, 7) is 2.59. The molecular formula is C12H14Br2O2. The first kappa shape index (κ1) is 13.7. The summed E-state index contributed by atoms with van der Waals surface area (Å²) in [7, 11) is 0. The SMILES string of the molecule is CCOc1cccc(CC(=O)CBr)c1CBr. The molecule has 1 rings (SSSR count). The van der Waals surface area contributed by atoms with Crippen molar-refractivity contribution in [2.75, 3.05) is 11.9 Å². The van der Waals surface area contributed by atoms with Crippen molar-refractivity contribution in [1.82, 2.24) is 0 Å². The van der Waals surface area contributed by atoms with Gasteiger partial charge in [-0.25, -0.2) is 0 Å². The predicted octanol–water partition coefficient (Wildman–Crippen LogP) is 3.49. The van der Waals surface area contributed by atoms with E-state index in [4.69, 9.17) is 4.74 Å². The normalized spacial score (nSPS) is 10.2. The molecule has 0 heterocycles. The van der Waals surface area contributed by atoms with Gasteiger partial charge in [0.25, 0.3) is 0 Å². The van der Waals surface area contributed by atoms with Crippen molar-refractivity contribution < 1.29 is 9.53 Å². The molecule has 4 heteroatoms. The minimum absolute atomic E-state index is 0.177. The zero-order valence-electron chi connectivity index (χ0n) is 9.13. The third kappa shape index (κ3) is 3.59. The second-order valence-corrected chi connectivity index (χ2v) is 4.43. The second kappa shape index (κ2) is 7.07. The van der Waals surface area contributed by atoms with Gasteiger partial charge >= 0.3 is 0 Å². The highest BCUT2D eigenvalue weighted by Gasteiger charge is 2.10. The van der Waals surface area contributed by atoms with Gasteiger partial charge in [-0.15, -0.1) is 0 Å². The summed E-state index contributed by atoms with van der Waals surface area (Å²) in [6.07, 6.45) is 0.451. The smallest absolute Gasteiger partial charge is 0.147 e. The number of ether oxygens (including phenoxy) is 1. The molecule has 0 N–H and O–H groups in total. The van der Waals surface area contributed by atoms with Gasteiger partial charge in [-0.05, 0) is 18.6 Å². The molecule has 1 aromatic carbocycles. The van der Waals surface area contributed by atoms with E-state index in [9.17, 15) is 4.79 Å². The average Bonchev–Trinajstić information content (AvgIpc) is 2.29. The molecule has 88 valence electrons. The second-order valence-electron chi connectivity index (χ2n) is 3.31. The first-order chi connectivity index (χ1) is 7.72. The van der Waals surface area contributed by atoms with E-state index in [0.29, 0.717) is 23.7 Å². The van der Waals surface area contributed by atoms with Crippen LogP contribution in [-0.2, 0) is 16.5 Å². The topological polar surface area (TPSA) is 26.3 Å². The molecule has 0 atom stereocenters. The molecule has 16 heavy (non-hydrogen) atoms. The summed E-state index contributed by atoms with van der Waals surface area (Å²) in [5, 5.41) is 1.10. The molecule has 0 spiro atoms. The average molecular weight is 350 g/mol. The van der Waals surface area contributed by atoms with Crippen molar-refractivity contribution in [2.45, 2.75) is 18.7 Å². The van der Waals surface area contributed by atoms with Crippen LogP contribution < -0.4 is 4.74 Å². The van der Waals surface area contributed by atoms with E-state index in [1.165, 1.54) is 0 Å². The van der Waals surface area contributed by atoms with Crippen molar-refractivity contribution in [3.63, 3.8) is 0 Å². The van der Waals surface area contributed by atoms with Gasteiger partial charge < -0.3 is 4.74 Å². The third-order valence-corrected chi connectivity index (χ3v) is 3.39. The van der Waals surface area contributed by atoms with Crippen molar-refractivity contribution in [3.8, 4) is 5.75 Å². The van der Waals surface area contributed by atoms with Crippen LogP contribution in [0, 0.1) is 0 Å². The first-order valence-corrected chi connectivity index (χ1v) is 7.34. The first-order valence-electron chi connectivity index (χ1n) is 5.10. The van der Waals surface area contributed by atoms with Crippen LogP contribution in [0.2, 0.25) is 0 Å². The van der Waals surface area contributed by atoms with Crippen molar-refractivity contribution >= 4 is 37.6 Å². The van der Waals surface area contributed by atoms with E-state index in [-0.39, 0.29) is 5.78 Å². The molecular weight excluding hydrogens is 336 g/mol. The Bertz CT molecular complexity index is 364. The number of hydrogen-bond donors (Lipinski definition) is 0. The molecule has 1 aromatic rings. The highest BCUT2D eigenvalue weighted by Crippen LogP contribution is 2.25. The van der Waals surface area contributed by atoms with Crippen LogP contribution in [0.5, 0.6) is 5.75 Å². The monoisotopic (exact) mass is 348 g/mol. The zero-order chi connectivity index (χ0) is 12.0. The Morgan fingerprint density at radius 1 is 1.38 bits per heavy atom. The Morgan fingerprint density at radius 2 is 2.12 bits per heavy atom. The lowest BCUT2D eigenvalue weighted by Gasteiger charge is -2.12. The maximum absolute atomic E-state index is 11.4. The Hall–Kier alpha value is -0.350. The van der Waals surface area contributed by atoms with Gasteiger partial charge in [0.15, 0.2) is 0 Å². The molecule has 0 saturated heterocycles. The fourth-order valence-electron chi connectivity index (χ4n) is 1.48. The Labute approximate surface area is 113 Å². The third-order valence-electron chi connectivity index (χ3n) is 2.20. The van der Waals surface area contributed by atoms with Gasteiger partial charge in [-0.3, -0.25) is 4.79 Å². The van der Waals surface area contributed by atoms with Gasteiger partial charge in [0.05, 0.1) is 11.9 Å². The summed E-state index contributed by atoms with van der Waals surface area (Å²) >= 11 is 6.61. The molecule has 0 unspecified atom stereocenters. The number of rotatable bonds is 6. The van der Waals surface area contributed by atoms with Gasteiger partial charge in [-0.1, -0.05) is 44.0 Å². The predicted molar refractivity (Wildman–Crippen MR) is 72.7 cm³/mol. The van der Waals surface area contributed by atoms with E-state index < -0.39 is 0 Å². The number of benzene rings is 1. The highest BCUT2D eigenvalue weighted by molar-refractivity contribution is 9.09. The van der Waals surface area contributed by atoms with E-state index in [2.05, 4.69) is 31.9 Å². The van der Waals surface area contributed by atoms with Crippen LogP contribution in [0.1, 0.15) is 18.1 Å². The maximum Gasteiger partial charge on any atom is 0.147 e. The van der Waals surface area contributed by atoms with Crippen LogP contribution in [0.25, 0.3) is 0 Å². The van der Waals surface area contributed by atoms with E-state index in [1.807, 2.05) is 25.1 Å². The van der Waals surface area contributed by atoms with Gasteiger partial charge in [0.1, 0.15) is 11.5 Å². The van der Waals surface area contributed by atoms with Crippen LogP contribution in [0.4, 0.5) is 0 Å². The van der Waals surface area contributed by atoms with Crippen LogP contribution >= 0.6 is 31.9 Å². The van der Waals surface area contributed by atoms with Crippen LogP contribution in [0.3, 0.4) is 0 Å². The Balaban J connectivity index is 2.98. The molecule has 0 aromatic heterocycles. The van der Waals surface area contributed by atoms with Crippen molar-refractivity contribution in [1.29, 1.82) is 0 Å². The minimum Gasteiger partial charge on any atom is -0.494 e. The molecule has 0 radical (unpaired) electrons. The van der Waals surface area contributed by atoms with E-state index in [0.717, 1.165) is 16.9 Å². The summed E-state index contributed by atoms with van der Waals surface area (Å²) in [5.41, 5.74) is 2.10. The number of hydrogen-bond acceptors (Lipinski definition) is 2. The van der Waals surface area contributed by atoms with Gasteiger partial charge in [0.2, 0.25) is 0 Å². The molecule has 0 fully saturated rings. The van der Waals surface area contributed by atoms with Crippen molar-refractivity contribution in [3.05, 3.63) is 29.3 Å². The van der Waals surface area contributed by atoms with E-state index >= 15 is 0 Å². The van der Waals surface area contributed by atoms with Gasteiger partial charge in [-0.2, -0.15) is 0 Å². The quantitative estimate of drug-likeness (QED) is 0.735. The fraction of sp³-hybridized carbons (Fsp3) is 0.417. The number of halogens is 2. The lowest BCUT2D eigenvalue weighted by atomic mass is 10.0. The largest absolute Gasteiger partial charge is 0.494 e. The lowest BCUT2D eigenvalue weighted by molar-refractivity contribution is -0.115. The number of alkyl halides is 2. The summed E-state index contributed by atoms with van der Waals surface area (Å²) in [5.74, 6) is 1.04. The molecule has 0 aliphatic rings. The maximum atomic E-state index is 11.4. The Kier molecular flexibility index (Phi) is 6.06. The number of carbonyl (C=O) groups excluding carboxylic acids is 1. The Morgan fingerprint density at radius 3 is 2.69 bits per heavy atom. The molecule has 0 saturated carbocycles. The summed E-state index contributed by atoms with van der Waals surface area (Å²) < 4.78 is 5.53. The summed E-state index contributed by atoms with van der Waals surface area (Å²) in [4.78, 5) is 11.4. The molecule has 0 amide bonds. The molecule has 0 aliphatic carbocycles. The minimum atomic E-state index is 0.177. The number of Topliss-reactive ketones (excluding diaryl/α,β-unsaturated/α-hetero) is 1. The number of carbonyl (C=O) groups is 1. The zero-order valence-corrected chi connectivity index (χ0v) is 12.3. The highest BCUT2D eigenvalue weighted by atomic mass is 79.9.